The number of para-hydroxylation sites is 1. The lowest BCUT2D eigenvalue weighted by Crippen LogP contribution is -2.33. The molecule has 1 atom stereocenters. The summed E-state index contributed by atoms with van der Waals surface area (Å²) in [5.74, 6) is 0. The molecular weight excluding hydrogens is 354 g/mol. The van der Waals surface area contributed by atoms with Gasteiger partial charge in [0, 0.05) is 12.6 Å². The molecule has 134 valence electrons. The molecule has 3 aromatic rings. The van der Waals surface area contributed by atoms with Crippen LogP contribution in [0.5, 0.6) is 0 Å². The van der Waals surface area contributed by atoms with E-state index in [1.165, 1.54) is 18.2 Å². The lowest BCUT2D eigenvalue weighted by atomic mass is 10.0. The summed E-state index contributed by atoms with van der Waals surface area (Å²) in [4.78, 5) is 10.0. The maximum absolute atomic E-state index is 12.7. The van der Waals surface area contributed by atoms with Gasteiger partial charge in [0.15, 0.2) is 4.90 Å². The minimum atomic E-state index is -4.12. The topological polar surface area (TPSA) is 115 Å². The van der Waals surface area contributed by atoms with E-state index in [0.29, 0.717) is 5.56 Å². The van der Waals surface area contributed by atoms with E-state index in [1.807, 2.05) is 36.4 Å². The highest BCUT2D eigenvalue weighted by Gasteiger charge is 2.27. The molecule has 0 amide bonds. The van der Waals surface area contributed by atoms with Gasteiger partial charge in [0.25, 0.3) is 5.69 Å². The Balaban J connectivity index is 1.97. The largest absolute Gasteiger partial charge is 0.329 e. The molecule has 8 heteroatoms. The van der Waals surface area contributed by atoms with Gasteiger partial charge in [-0.2, -0.15) is 0 Å². The molecule has 0 spiro atoms. The normalized spacial score (nSPS) is 12.8. The summed E-state index contributed by atoms with van der Waals surface area (Å²) in [6, 6.07) is 17.7. The molecule has 0 saturated heterocycles. The van der Waals surface area contributed by atoms with Gasteiger partial charge in [0.1, 0.15) is 0 Å². The number of sulfonamides is 1. The molecule has 3 aromatic carbocycles. The van der Waals surface area contributed by atoms with Crippen LogP contribution in [0.25, 0.3) is 10.8 Å². The molecular formula is C18H17N3O4S. The zero-order valence-corrected chi connectivity index (χ0v) is 14.5. The van der Waals surface area contributed by atoms with Crippen molar-refractivity contribution >= 4 is 26.5 Å². The van der Waals surface area contributed by atoms with Crippen molar-refractivity contribution in [2.45, 2.75) is 10.9 Å². The van der Waals surface area contributed by atoms with Crippen molar-refractivity contribution in [3.05, 3.63) is 82.4 Å². The van der Waals surface area contributed by atoms with Gasteiger partial charge < -0.3 is 5.73 Å². The third kappa shape index (κ3) is 3.57. The van der Waals surface area contributed by atoms with E-state index in [1.54, 1.807) is 6.07 Å². The van der Waals surface area contributed by atoms with Crippen LogP contribution >= 0.6 is 0 Å². The minimum absolute atomic E-state index is 0.0121. The first-order valence-corrected chi connectivity index (χ1v) is 9.35. The first-order chi connectivity index (χ1) is 12.4. The number of benzene rings is 3. The summed E-state index contributed by atoms with van der Waals surface area (Å²) in [5.41, 5.74) is 5.98. The lowest BCUT2D eigenvalue weighted by Gasteiger charge is -2.18. The number of rotatable bonds is 6. The monoisotopic (exact) mass is 371 g/mol. The summed E-state index contributed by atoms with van der Waals surface area (Å²) in [6.45, 7) is 0.0121. The quantitative estimate of drug-likeness (QED) is 0.510. The number of hydrogen-bond acceptors (Lipinski definition) is 5. The van der Waals surface area contributed by atoms with Crippen molar-refractivity contribution in [2.75, 3.05) is 6.54 Å². The Morgan fingerprint density at radius 1 is 1.00 bits per heavy atom. The zero-order chi connectivity index (χ0) is 18.7. The molecule has 26 heavy (non-hydrogen) atoms. The molecule has 0 aliphatic rings. The molecule has 0 heterocycles. The predicted octanol–water partition coefficient (Wildman–Crippen LogP) is 2.73. The van der Waals surface area contributed by atoms with E-state index in [-0.39, 0.29) is 11.4 Å². The number of nitro benzene ring substituents is 1. The number of nitrogens with zero attached hydrogens (tertiary/aromatic N) is 1. The van der Waals surface area contributed by atoms with Gasteiger partial charge in [0.2, 0.25) is 10.0 Å². The number of nitrogens with one attached hydrogen (secondary N) is 1. The third-order valence-electron chi connectivity index (χ3n) is 4.06. The van der Waals surface area contributed by atoms with Crippen molar-refractivity contribution in [2.24, 2.45) is 5.73 Å². The molecule has 3 rings (SSSR count). The Hall–Kier alpha value is -2.81. The Morgan fingerprint density at radius 3 is 2.35 bits per heavy atom. The number of hydrogen-bond donors (Lipinski definition) is 2. The van der Waals surface area contributed by atoms with Gasteiger partial charge in [-0.3, -0.25) is 10.1 Å². The van der Waals surface area contributed by atoms with Gasteiger partial charge in [-0.1, -0.05) is 48.5 Å². The fourth-order valence-electron chi connectivity index (χ4n) is 2.76. The fraction of sp³-hybridized carbons (Fsp3) is 0.111. The standard InChI is InChI=1S/C18H17N3O4S/c19-12-16(15-10-9-13-5-1-2-6-14(13)11-15)20-26(24,25)18-8-4-3-7-17(18)21(22)23/h1-11,16,20H,12,19H2. The smallest absolute Gasteiger partial charge is 0.289 e. The second-order valence-corrected chi connectivity index (χ2v) is 7.42. The summed E-state index contributed by atoms with van der Waals surface area (Å²) < 4.78 is 27.9. The van der Waals surface area contributed by atoms with Crippen molar-refractivity contribution in [3.63, 3.8) is 0 Å². The molecule has 0 fully saturated rings. The van der Waals surface area contributed by atoms with Crippen LogP contribution < -0.4 is 10.5 Å². The summed E-state index contributed by atoms with van der Waals surface area (Å²) in [6.07, 6.45) is 0. The van der Waals surface area contributed by atoms with Crippen LogP contribution in [0.2, 0.25) is 0 Å². The Labute approximate surface area is 150 Å². The highest BCUT2D eigenvalue weighted by atomic mass is 32.2. The van der Waals surface area contributed by atoms with Crippen LogP contribution in [0.1, 0.15) is 11.6 Å². The van der Waals surface area contributed by atoms with E-state index < -0.39 is 26.7 Å². The van der Waals surface area contributed by atoms with Gasteiger partial charge in [0.05, 0.1) is 11.0 Å². The van der Waals surface area contributed by atoms with Crippen LogP contribution in [0.3, 0.4) is 0 Å². The second-order valence-electron chi connectivity index (χ2n) is 5.74. The Bertz CT molecular complexity index is 1070. The van der Waals surface area contributed by atoms with Gasteiger partial charge in [-0.15, -0.1) is 0 Å². The third-order valence-corrected chi connectivity index (χ3v) is 5.58. The molecule has 0 aliphatic carbocycles. The van der Waals surface area contributed by atoms with Crippen molar-refractivity contribution in [1.29, 1.82) is 0 Å². The van der Waals surface area contributed by atoms with E-state index in [2.05, 4.69) is 4.72 Å². The van der Waals surface area contributed by atoms with Gasteiger partial charge >= 0.3 is 0 Å². The second kappa shape index (κ2) is 7.20. The summed E-state index contributed by atoms with van der Waals surface area (Å²) >= 11 is 0. The van der Waals surface area contributed by atoms with Crippen LogP contribution in [0, 0.1) is 10.1 Å². The molecule has 7 nitrogen and oxygen atoms in total. The molecule has 0 bridgehead atoms. The molecule has 0 saturated carbocycles. The summed E-state index contributed by atoms with van der Waals surface area (Å²) in [5, 5.41) is 13.1. The number of nitrogens with two attached hydrogens (primary N) is 1. The summed E-state index contributed by atoms with van der Waals surface area (Å²) in [7, 11) is -4.12. The fourth-order valence-corrected chi connectivity index (χ4v) is 4.17. The average Bonchev–Trinajstić information content (AvgIpc) is 2.65. The highest BCUT2D eigenvalue weighted by Crippen LogP contribution is 2.26. The maximum Gasteiger partial charge on any atom is 0.289 e. The van der Waals surface area contributed by atoms with E-state index in [4.69, 9.17) is 5.73 Å². The van der Waals surface area contributed by atoms with Crippen molar-refractivity contribution in [1.82, 2.24) is 4.72 Å². The minimum Gasteiger partial charge on any atom is -0.329 e. The highest BCUT2D eigenvalue weighted by molar-refractivity contribution is 7.89. The lowest BCUT2D eigenvalue weighted by molar-refractivity contribution is -0.387. The van der Waals surface area contributed by atoms with Crippen LogP contribution in [0.4, 0.5) is 5.69 Å². The molecule has 0 radical (unpaired) electrons. The number of nitro groups is 1. The molecule has 3 N–H and O–H groups in total. The maximum atomic E-state index is 12.7. The van der Waals surface area contributed by atoms with E-state index >= 15 is 0 Å². The van der Waals surface area contributed by atoms with Gasteiger partial charge in [-0.05, 0) is 28.5 Å². The molecule has 0 aliphatic heterocycles. The van der Waals surface area contributed by atoms with Crippen molar-refractivity contribution < 1.29 is 13.3 Å². The van der Waals surface area contributed by atoms with Crippen LogP contribution in [0.15, 0.2) is 71.6 Å². The number of fused-ring (bicyclic) bond motifs is 1. The Kier molecular flexibility index (Phi) is 4.99. The predicted molar refractivity (Wildman–Crippen MR) is 99.2 cm³/mol. The average molecular weight is 371 g/mol. The Morgan fingerprint density at radius 2 is 1.65 bits per heavy atom. The van der Waals surface area contributed by atoms with Gasteiger partial charge in [-0.25, -0.2) is 13.1 Å². The van der Waals surface area contributed by atoms with Crippen LogP contribution in [-0.2, 0) is 10.0 Å². The SMILES string of the molecule is NCC(NS(=O)(=O)c1ccccc1[N+](=O)[O-])c1ccc2ccccc2c1. The zero-order valence-electron chi connectivity index (χ0n) is 13.7. The van der Waals surface area contributed by atoms with Crippen molar-refractivity contribution in [3.8, 4) is 0 Å². The molecule has 1 unspecified atom stereocenters. The van der Waals surface area contributed by atoms with Crippen LogP contribution in [-0.4, -0.2) is 19.9 Å². The first-order valence-electron chi connectivity index (χ1n) is 7.87. The molecule has 0 aromatic heterocycles. The van der Waals surface area contributed by atoms with E-state index in [0.717, 1.165) is 16.8 Å². The first kappa shape index (κ1) is 18.0. The van der Waals surface area contributed by atoms with E-state index in [9.17, 15) is 18.5 Å².